The Kier molecular flexibility index (Phi) is 5.82. The Labute approximate surface area is 135 Å². The molecule has 21 heavy (non-hydrogen) atoms. The van der Waals surface area contributed by atoms with Crippen LogP contribution in [0, 0.1) is 0 Å². The number of sulfone groups is 1. The van der Waals surface area contributed by atoms with Crippen LogP contribution in [0.2, 0.25) is 5.02 Å². The van der Waals surface area contributed by atoms with E-state index in [4.69, 9.17) is 17.3 Å². The molecule has 0 aliphatic carbocycles. The number of anilines is 1. The highest BCUT2D eigenvalue weighted by molar-refractivity contribution is 8.01. The lowest BCUT2D eigenvalue weighted by molar-refractivity contribution is 0.579. The molecule has 4 nitrogen and oxygen atoms in total. The summed E-state index contributed by atoms with van der Waals surface area (Å²) in [6, 6.07) is 5.64. The summed E-state index contributed by atoms with van der Waals surface area (Å²) in [4.78, 5) is 1.99. The average molecular weight is 349 g/mol. The molecule has 1 atom stereocenters. The van der Waals surface area contributed by atoms with Crippen molar-refractivity contribution in [1.29, 1.82) is 0 Å². The molecule has 1 aliphatic rings. The van der Waals surface area contributed by atoms with E-state index in [2.05, 4.69) is 0 Å². The van der Waals surface area contributed by atoms with Gasteiger partial charge in [0.1, 0.15) is 5.37 Å². The SMILES string of the molecule is CCS(=O)(=O)C1CSCCN1c1cc(Cl)ccc1CCN. The van der Waals surface area contributed by atoms with E-state index in [0.29, 0.717) is 23.9 Å². The summed E-state index contributed by atoms with van der Waals surface area (Å²) >= 11 is 7.81. The second kappa shape index (κ2) is 7.22. The lowest BCUT2D eigenvalue weighted by atomic mass is 10.1. The number of thioether (sulfide) groups is 1. The van der Waals surface area contributed by atoms with E-state index in [1.54, 1.807) is 18.7 Å². The van der Waals surface area contributed by atoms with Crippen molar-refractivity contribution in [2.75, 3.05) is 35.2 Å². The van der Waals surface area contributed by atoms with Crippen LogP contribution < -0.4 is 10.6 Å². The van der Waals surface area contributed by atoms with Gasteiger partial charge in [-0.15, -0.1) is 0 Å². The van der Waals surface area contributed by atoms with E-state index in [-0.39, 0.29) is 5.75 Å². The van der Waals surface area contributed by atoms with Crippen molar-refractivity contribution in [3.8, 4) is 0 Å². The molecule has 0 radical (unpaired) electrons. The van der Waals surface area contributed by atoms with E-state index in [9.17, 15) is 8.42 Å². The van der Waals surface area contributed by atoms with E-state index in [0.717, 1.165) is 23.4 Å². The fourth-order valence-corrected chi connectivity index (χ4v) is 5.67. The fraction of sp³-hybridized carbons (Fsp3) is 0.571. The fourth-order valence-electron chi connectivity index (χ4n) is 2.52. The third kappa shape index (κ3) is 3.86. The lowest BCUT2D eigenvalue weighted by Crippen LogP contribution is -2.48. The monoisotopic (exact) mass is 348 g/mol. The van der Waals surface area contributed by atoms with Crippen LogP contribution in [0.3, 0.4) is 0 Å². The highest BCUT2D eigenvalue weighted by Crippen LogP contribution is 2.32. The first-order chi connectivity index (χ1) is 9.99. The van der Waals surface area contributed by atoms with E-state index in [1.165, 1.54) is 0 Å². The Balaban J connectivity index is 2.44. The van der Waals surface area contributed by atoms with Gasteiger partial charge >= 0.3 is 0 Å². The molecule has 118 valence electrons. The molecular weight excluding hydrogens is 328 g/mol. The summed E-state index contributed by atoms with van der Waals surface area (Å²) in [5.74, 6) is 1.68. The molecular formula is C14H21ClN2O2S2. The number of nitrogens with zero attached hydrogens (tertiary/aromatic N) is 1. The number of nitrogens with two attached hydrogens (primary N) is 1. The predicted octanol–water partition coefficient (Wildman–Crippen LogP) is 2.16. The molecule has 1 aromatic rings. The van der Waals surface area contributed by atoms with E-state index < -0.39 is 15.2 Å². The molecule has 1 saturated heterocycles. The van der Waals surface area contributed by atoms with Gasteiger partial charge in [-0.1, -0.05) is 24.6 Å². The Morgan fingerprint density at radius 1 is 1.48 bits per heavy atom. The second-order valence-electron chi connectivity index (χ2n) is 4.99. The zero-order valence-corrected chi connectivity index (χ0v) is 14.5. The minimum atomic E-state index is -3.13. The summed E-state index contributed by atoms with van der Waals surface area (Å²) in [6.07, 6.45) is 0.717. The molecule has 1 aromatic carbocycles. The molecule has 2 N–H and O–H groups in total. The summed E-state index contributed by atoms with van der Waals surface area (Å²) in [5.41, 5.74) is 7.64. The zero-order chi connectivity index (χ0) is 15.5. The van der Waals surface area contributed by atoms with Gasteiger partial charge in [0, 0.05) is 34.5 Å². The van der Waals surface area contributed by atoms with Crippen molar-refractivity contribution < 1.29 is 8.42 Å². The molecule has 1 aliphatic heterocycles. The van der Waals surface area contributed by atoms with Crippen LogP contribution >= 0.6 is 23.4 Å². The molecule has 0 spiro atoms. The van der Waals surface area contributed by atoms with Crippen LogP contribution in [0.4, 0.5) is 5.69 Å². The quantitative estimate of drug-likeness (QED) is 0.883. The van der Waals surface area contributed by atoms with Crippen molar-refractivity contribution in [3.05, 3.63) is 28.8 Å². The summed E-state index contributed by atoms with van der Waals surface area (Å²) < 4.78 is 24.8. The molecule has 1 unspecified atom stereocenters. The van der Waals surface area contributed by atoms with Gasteiger partial charge in [-0.25, -0.2) is 8.42 Å². The number of hydrogen-bond donors (Lipinski definition) is 1. The molecule has 1 fully saturated rings. The van der Waals surface area contributed by atoms with Crippen molar-refractivity contribution in [2.45, 2.75) is 18.7 Å². The van der Waals surface area contributed by atoms with Crippen LogP contribution in [0.25, 0.3) is 0 Å². The van der Waals surface area contributed by atoms with Crippen LogP contribution in [-0.2, 0) is 16.3 Å². The maximum absolute atomic E-state index is 12.4. The Hall–Kier alpha value is -0.430. The maximum atomic E-state index is 12.4. The Bertz CT molecular complexity index is 593. The summed E-state index contributed by atoms with van der Waals surface area (Å²) in [7, 11) is -3.13. The molecule has 2 rings (SSSR count). The number of hydrogen-bond acceptors (Lipinski definition) is 5. The largest absolute Gasteiger partial charge is 0.353 e. The minimum Gasteiger partial charge on any atom is -0.353 e. The molecule has 0 aromatic heterocycles. The third-order valence-corrected chi connectivity index (χ3v) is 7.20. The van der Waals surface area contributed by atoms with Crippen LogP contribution in [0.15, 0.2) is 18.2 Å². The van der Waals surface area contributed by atoms with Gasteiger partial charge in [0.15, 0.2) is 9.84 Å². The van der Waals surface area contributed by atoms with Crippen molar-refractivity contribution in [1.82, 2.24) is 0 Å². The molecule has 0 saturated carbocycles. The predicted molar refractivity (Wildman–Crippen MR) is 92.1 cm³/mol. The first kappa shape index (κ1) is 16.9. The molecule has 1 heterocycles. The van der Waals surface area contributed by atoms with Gasteiger partial charge in [0.05, 0.1) is 0 Å². The highest BCUT2D eigenvalue weighted by atomic mass is 35.5. The van der Waals surface area contributed by atoms with Crippen molar-refractivity contribution in [2.24, 2.45) is 5.73 Å². The molecule has 0 bridgehead atoms. The number of halogens is 1. The molecule has 7 heteroatoms. The van der Waals surface area contributed by atoms with Gasteiger partial charge < -0.3 is 10.6 Å². The smallest absolute Gasteiger partial charge is 0.171 e. The average Bonchev–Trinajstić information content (AvgIpc) is 2.49. The van der Waals surface area contributed by atoms with Gasteiger partial charge in [-0.3, -0.25) is 0 Å². The van der Waals surface area contributed by atoms with Gasteiger partial charge in [-0.2, -0.15) is 11.8 Å². The Morgan fingerprint density at radius 3 is 2.90 bits per heavy atom. The standard InChI is InChI=1S/C14H21ClN2O2S2/c1-2-21(18,19)14-10-20-8-7-17(14)13-9-12(15)4-3-11(13)5-6-16/h3-4,9,14H,2,5-8,10,16H2,1H3. The van der Waals surface area contributed by atoms with Crippen LogP contribution in [0.1, 0.15) is 12.5 Å². The summed E-state index contributed by atoms with van der Waals surface area (Å²) in [6.45, 7) is 2.94. The minimum absolute atomic E-state index is 0.154. The van der Waals surface area contributed by atoms with Crippen molar-refractivity contribution >= 4 is 38.9 Å². The number of rotatable bonds is 5. The van der Waals surface area contributed by atoms with Crippen LogP contribution in [-0.4, -0.2) is 44.1 Å². The van der Waals surface area contributed by atoms with Gasteiger partial charge in [-0.05, 0) is 30.7 Å². The number of benzene rings is 1. The third-order valence-electron chi connectivity index (χ3n) is 3.67. The van der Waals surface area contributed by atoms with E-state index >= 15 is 0 Å². The first-order valence-corrected chi connectivity index (χ1v) is 10.3. The van der Waals surface area contributed by atoms with Crippen molar-refractivity contribution in [3.63, 3.8) is 0 Å². The molecule has 0 amide bonds. The topological polar surface area (TPSA) is 63.4 Å². The van der Waals surface area contributed by atoms with Crippen LogP contribution in [0.5, 0.6) is 0 Å². The Morgan fingerprint density at radius 2 is 2.24 bits per heavy atom. The normalized spacial score (nSPS) is 19.8. The van der Waals surface area contributed by atoms with Gasteiger partial charge in [0.25, 0.3) is 0 Å². The van der Waals surface area contributed by atoms with E-state index in [1.807, 2.05) is 23.1 Å². The first-order valence-electron chi connectivity index (χ1n) is 7.04. The van der Waals surface area contributed by atoms with Gasteiger partial charge in [0.2, 0.25) is 0 Å². The second-order valence-corrected chi connectivity index (χ2v) is 9.02. The highest BCUT2D eigenvalue weighted by Gasteiger charge is 2.33. The maximum Gasteiger partial charge on any atom is 0.171 e. The zero-order valence-electron chi connectivity index (χ0n) is 12.1. The lowest BCUT2D eigenvalue weighted by Gasteiger charge is -2.37. The summed E-state index contributed by atoms with van der Waals surface area (Å²) in [5, 5.41) is 0.146.